The summed E-state index contributed by atoms with van der Waals surface area (Å²) in [6.45, 7) is 0. The Kier molecular flexibility index (Phi) is 4.19. The van der Waals surface area contributed by atoms with Gasteiger partial charge in [0.15, 0.2) is 15.0 Å². The van der Waals surface area contributed by atoms with Crippen LogP contribution < -0.4 is 5.32 Å². The fraction of sp³-hybridized carbons (Fsp3) is 0.200. The molecule has 0 aliphatic carbocycles. The Morgan fingerprint density at radius 2 is 2.00 bits per heavy atom. The van der Waals surface area contributed by atoms with E-state index in [1.807, 2.05) is 0 Å². The van der Waals surface area contributed by atoms with Crippen LogP contribution in [-0.4, -0.2) is 29.4 Å². The maximum absolute atomic E-state index is 11.5. The van der Waals surface area contributed by atoms with Gasteiger partial charge in [-0.05, 0) is 18.2 Å². The molecule has 1 heterocycles. The zero-order valence-corrected chi connectivity index (χ0v) is 13.8. The summed E-state index contributed by atoms with van der Waals surface area (Å²) in [7, 11) is -3.30. The second kappa shape index (κ2) is 5.31. The Labute approximate surface area is 133 Å². The molecule has 1 amide bonds. The number of thiazole rings is 1. The van der Waals surface area contributed by atoms with Gasteiger partial charge in [-0.1, -0.05) is 46.1 Å². The van der Waals surface area contributed by atoms with Crippen molar-refractivity contribution in [3.8, 4) is 0 Å². The number of carbonyl (C=O) groups is 1. The van der Waals surface area contributed by atoms with Crippen LogP contribution in [0.5, 0.6) is 0 Å². The van der Waals surface area contributed by atoms with Crippen molar-refractivity contribution in [3.05, 3.63) is 18.2 Å². The van der Waals surface area contributed by atoms with Gasteiger partial charge in [0.2, 0.25) is 0 Å². The highest BCUT2D eigenvalue weighted by Gasteiger charge is 2.31. The molecule has 0 saturated carbocycles. The fourth-order valence-corrected chi connectivity index (χ4v) is 3.12. The van der Waals surface area contributed by atoms with Crippen LogP contribution in [0, 0.1) is 0 Å². The van der Waals surface area contributed by atoms with Crippen LogP contribution in [0.4, 0.5) is 5.13 Å². The zero-order chi connectivity index (χ0) is 15.1. The molecule has 0 atom stereocenters. The lowest BCUT2D eigenvalue weighted by Crippen LogP contribution is -2.26. The number of halogens is 3. The van der Waals surface area contributed by atoms with E-state index in [0.717, 1.165) is 17.6 Å². The molecule has 1 aromatic carbocycles. The number of anilines is 1. The Hall–Kier alpha value is -0.600. The third kappa shape index (κ3) is 3.53. The topological polar surface area (TPSA) is 76.1 Å². The molecule has 0 bridgehead atoms. The van der Waals surface area contributed by atoms with E-state index in [4.69, 9.17) is 34.8 Å². The predicted octanol–water partition coefficient (Wildman–Crippen LogP) is 3.01. The summed E-state index contributed by atoms with van der Waals surface area (Å²) in [5.41, 5.74) is 0.544. The van der Waals surface area contributed by atoms with E-state index < -0.39 is 19.5 Å². The van der Waals surface area contributed by atoms with Gasteiger partial charge in [0.05, 0.1) is 15.1 Å². The van der Waals surface area contributed by atoms with E-state index >= 15 is 0 Å². The number of carbonyl (C=O) groups excluding carboxylic acids is 1. The smallest absolute Gasteiger partial charge is 0.278 e. The Morgan fingerprint density at radius 3 is 2.55 bits per heavy atom. The fourth-order valence-electron chi connectivity index (χ4n) is 1.36. The lowest BCUT2D eigenvalue weighted by Gasteiger charge is -2.08. The molecule has 0 fully saturated rings. The number of amides is 1. The van der Waals surface area contributed by atoms with Gasteiger partial charge in [0.25, 0.3) is 9.70 Å². The third-order valence-electron chi connectivity index (χ3n) is 2.27. The molecule has 5 nitrogen and oxygen atoms in total. The number of rotatable bonds is 2. The van der Waals surface area contributed by atoms with Crippen LogP contribution in [0.25, 0.3) is 10.2 Å². The molecule has 1 aromatic heterocycles. The number of benzene rings is 1. The van der Waals surface area contributed by atoms with E-state index in [-0.39, 0.29) is 10.0 Å². The van der Waals surface area contributed by atoms with Gasteiger partial charge >= 0.3 is 0 Å². The van der Waals surface area contributed by atoms with Crippen molar-refractivity contribution >= 4 is 77.2 Å². The number of fused-ring (bicyclic) bond motifs is 1. The molecule has 20 heavy (non-hydrogen) atoms. The summed E-state index contributed by atoms with van der Waals surface area (Å²) in [5.74, 6) is -0.829. The Bertz CT molecular complexity index is 781. The number of nitrogens with one attached hydrogen (secondary N) is 1. The van der Waals surface area contributed by atoms with Crippen LogP contribution >= 0.6 is 46.1 Å². The number of hydrogen-bond donors (Lipinski definition) is 1. The minimum absolute atomic E-state index is 0.174. The summed E-state index contributed by atoms with van der Waals surface area (Å²) in [6.07, 6.45) is 1.11. The first kappa shape index (κ1) is 15.8. The van der Waals surface area contributed by atoms with Gasteiger partial charge in [-0.25, -0.2) is 13.4 Å². The Balaban J connectivity index is 2.38. The number of hydrogen-bond acceptors (Lipinski definition) is 5. The van der Waals surface area contributed by atoms with Gasteiger partial charge in [0, 0.05) is 6.26 Å². The molecular formula is C10H7Cl3N2O3S2. The first-order valence-electron chi connectivity index (χ1n) is 5.06. The monoisotopic (exact) mass is 372 g/mol. The lowest BCUT2D eigenvalue weighted by molar-refractivity contribution is -0.115. The van der Waals surface area contributed by atoms with Crippen LogP contribution in [0.1, 0.15) is 0 Å². The van der Waals surface area contributed by atoms with Crippen molar-refractivity contribution in [2.75, 3.05) is 11.6 Å². The second-order valence-corrected chi connectivity index (χ2v) is 9.20. The third-order valence-corrected chi connectivity index (χ3v) is 4.82. The van der Waals surface area contributed by atoms with Crippen molar-refractivity contribution in [1.82, 2.24) is 4.98 Å². The van der Waals surface area contributed by atoms with Crippen LogP contribution in [0.2, 0.25) is 0 Å². The molecule has 108 valence electrons. The predicted molar refractivity (Wildman–Crippen MR) is 81.6 cm³/mol. The number of nitrogens with zero attached hydrogens (tertiary/aromatic N) is 1. The number of sulfone groups is 1. The van der Waals surface area contributed by atoms with Crippen LogP contribution in [0.15, 0.2) is 23.1 Å². The molecule has 0 spiro atoms. The highest BCUT2D eigenvalue weighted by Crippen LogP contribution is 2.31. The van der Waals surface area contributed by atoms with Gasteiger partial charge in [-0.2, -0.15) is 0 Å². The van der Waals surface area contributed by atoms with Crippen molar-refractivity contribution in [1.29, 1.82) is 0 Å². The van der Waals surface area contributed by atoms with Crippen LogP contribution in [0.3, 0.4) is 0 Å². The van der Waals surface area contributed by atoms with Crippen LogP contribution in [-0.2, 0) is 14.6 Å². The van der Waals surface area contributed by atoms with E-state index in [1.165, 1.54) is 12.1 Å². The van der Waals surface area contributed by atoms with Gasteiger partial charge < -0.3 is 0 Å². The molecule has 2 aromatic rings. The Morgan fingerprint density at radius 1 is 1.35 bits per heavy atom. The lowest BCUT2D eigenvalue weighted by atomic mass is 10.3. The molecule has 2 rings (SSSR count). The van der Waals surface area contributed by atoms with E-state index in [9.17, 15) is 13.2 Å². The van der Waals surface area contributed by atoms with E-state index in [1.54, 1.807) is 6.07 Å². The van der Waals surface area contributed by atoms with E-state index in [2.05, 4.69) is 10.3 Å². The average molecular weight is 374 g/mol. The SMILES string of the molecule is CS(=O)(=O)c1ccc2nc(NC(=O)C(Cl)(Cl)Cl)sc2c1. The molecule has 0 aliphatic rings. The highest BCUT2D eigenvalue weighted by molar-refractivity contribution is 7.90. The molecule has 10 heteroatoms. The van der Waals surface area contributed by atoms with Gasteiger partial charge in [0.1, 0.15) is 0 Å². The molecule has 0 aliphatic heterocycles. The largest absolute Gasteiger partial charge is 0.298 e. The summed E-state index contributed by atoms with van der Waals surface area (Å²) in [4.78, 5) is 15.8. The zero-order valence-electron chi connectivity index (χ0n) is 9.85. The first-order chi connectivity index (χ1) is 9.07. The minimum atomic E-state index is -3.30. The molecule has 1 N–H and O–H groups in total. The summed E-state index contributed by atoms with van der Waals surface area (Å²) in [5, 5.41) is 2.58. The quantitative estimate of drug-likeness (QED) is 0.821. The summed E-state index contributed by atoms with van der Waals surface area (Å²) in [6, 6.07) is 4.47. The molecular weight excluding hydrogens is 367 g/mol. The summed E-state index contributed by atoms with van der Waals surface area (Å²) >= 11 is 17.4. The molecule has 0 saturated heterocycles. The minimum Gasteiger partial charge on any atom is -0.298 e. The van der Waals surface area contributed by atoms with Crippen molar-refractivity contribution in [2.45, 2.75) is 8.69 Å². The van der Waals surface area contributed by atoms with Crippen molar-refractivity contribution in [3.63, 3.8) is 0 Å². The molecule has 0 radical (unpaired) electrons. The van der Waals surface area contributed by atoms with Crippen molar-refractivity contribution < 1.29 is 13.2 Å². The van der Waals surface area contributed by atoms with Gasteiger partial charge in [-0.3, -0.25) is 10.1 Å². The van der Waals surface area contributed by atoms with Gasteiger partial charge in [-0.15, -0.1) is 0 Å². The number of alkyl halides is 3. The normalized spacial score (nSPS) is 12.6. The second-order valence-electron chi connectivity index (χ2n) is 3.87. The number of aromatic nitrogens is 1. The molecule has 0 unspecified atom stereocenters. The van der Waals surface area contributed by atoms with E-state index in [0.29, 0.717) is 10.2 Å². The maximum Gasteiger partial charge on any atom is 0.278 e. The maximum atomic E-state index is 11.5. The van der Waals surface area contributed by atoms with Crippen molar-refractivity contribution in [2.24, 2.45) is 0 Å². The first-order valence-corrected chi connectivity index (χ1v) is 8.90. The average Bonchev–Trinajstić information content (AvgIpc) is 2.67. The summed E-state index contributed by atoms with van der Waals surface area (Å²) < 4.78 is 21.4. The highest BCUT2D eigenvalue weighted by atomic mass is 35.6. The standard InChI is InChI=1S/C10H7Cl3N2O3S2/c1-20(17,18)5-2-3-6-7(4-5)19-9(14-6)15-8(16)10(11,12)13/h2-4H,1H3,(H,14,15,16).